The smallest absolute Gasteiger partial charge is 0.000740 e. The first-order valence-electron chi connectivity index (χ1n) is 9.16. The molecule has 2 aliphatic carbocycles. The molecule has 0 aromatic heterocycles. The first kappa shape index (κ1) is 17.2. The van der Waals surface area contributed by atoms with Gasteiger partial charge < -0.3 is 0 Å². The molecular weight excluding hydrogens is 300 g/mol. The van der Waals surface area contributed by atoms with E-state index in [9.17, 15) is 0 Å². The van der Waals surface area contributed by atoms with Crippen molar-refractivity contribution in [3.05, 3.63) is 87.3 Å². The van der Waals surface area contributed by atoms with Gasteiger partial charge >= 0.3 is 0 Å². The fourth-order valence-electron chi connectivity index (χ4n) is 3.81. The number of rotatable bonds is 1. The van der Waals surface area contributed by atoms with Crippen LogP contribution in [0.15, 0.2) is 60.2 Å². The number of benzene rings is 2. The Bertz CT molecular complexity index is 1010. The number of hydrogen-bond donors (Lipinski definition) is 0. The van der Waals surface area contributed by atoms with Crippen LogP contribution in [0.4, 0.5) is 0 Å². The molecule has 4 rings (SSSR count). The summed E-state index contributed by atoms with van der Waals surface area (Å²) in [7, 11) is 0. The van der Waals surface area contributed by atoms with Gasteiger partial charge in [-0.1, -0.05) is 81.1 Å². The summed E-state index contributed by atoms with van der Waals surface area (Å²) >= 11 is 0. The van der Waals surface area contributed by atoms with Crippen molar-refractivity contribution in [1.29, 1.82) is 0 Å². The van der Waals surface area contributed by atoms with Gasteiger partial charge in [-0.2, -0.15) is 0 Å². The molecule has 2 aromatic carbocycles. The van der Waals surface area contributed by atoms with Crippen LogP contribution in [0, 0.1) is 6.92 Å². The number of fused-ring (bicyclic) bond motifs is 3. The van der Waals surface area contributed by atoms with Crippen LogP contribution in [-0.4, -0.2) is 0 Å². The highest BCUT2D eigenvalue weighted by atomic mass is 14.2. The van der Waals surface area contributed by atoms with Gasteiger partial charge in [0.05, 0.1) is 0 Å². The van der Waals surface area contributed by atoms with E-state index in [0.717, 1.165) is 11.6 Å². The van der Waals surface area contributed by atoms with Crippen LogP contribution in [0.1, 0.15) is 37.5 Å². The second-order valence-electron chi connectivity index (χ2n) is 6.30. The zero-order valence-electron chi connectivity index (χ0n) is 15.7. The van der Waals surface area contributed by atoms with Crippen LogP contribution >= 0.6 is 0 Å². The summed E-state index contributed by atoms with van der Waals surface area (Å²) in [5.41, 5.74) is 9.49. The molecule has 0 fully saturated rings. The van der Waals surface area contributed by atoms with Crippen molar-refractivity contribution in [2.45, 2.75) is 34.1 Å². The van der Waals surface area contributed by atoms with E-state index >= 15 is 0 Å². The van der Waals surface area contributed by atoms with Gasteiger partial charge in [0, 0.05) is 0 Å². The summed E-state index contributed by atoms with van der Waals surface area (Å²) in [6.45, 7) is 12.6. The third kappa shape index (κ3) is 2.82. The molecule has 0 spiro atoms. The van der Waals surface area contributed by atoms with Crippen molar-refractivity contribution in [2.24, 2.45) is 0 Å². The minimum absolute atomic E-state index is 0.979. The highest BCUT2D eigenvalue weighted by Crippen LogP contribution is 2.35. The molecule has 2 bridgehead atoms. The van der Waals surface area contributed by atoms with Gasteiger partial charge in [0.1, 0.15) is 0 Å². The molecule has 25 heavy (non-hydrogen) atoms. The lowest BCUT2D eigenvalue weighted by Crippen LogP contribution is -2.27. The SMILES string of the molecule is C=c1cccc2c1=C(/C=C\C)C1=CC=Cc3c(C)ccc-2c3C1.CC. The Kier molecular flexibility index (Phi) is 4.90. The number of aryl methyl sites for hydroxylation is 1. The molecule has 0 saturated carbocycles. The maximum Gasteiger partial charge on any atom is -0.000740 e. The van der Waals surface area contributed by atoms with Crippen molar-refractivity contribution in [3.8, 4) is 11.1 Å². The first-order chi connectivity index (χ1) is 12.2. The Hall–Kier alpha value is -2.60. The summed E-state index contributed by atoms with van der Waals surface area (Å²) in [5.74, 6) is 0. The lowest BCUT2D eigenvalue weighted by Gasteiger charge is -2.13. The van der Waals surface area contributed by atoms with Crippen LogP contribution in [-0.2, 0) is 6.42 Å². The van der Waals surface area contributed by atoms with E-state index in [1.165, 1.54) is 44.2 Å². The van der Waals surface area contributed by atoms with Gasteiger partial charge in [-0.25, -0.2) is 0 Å². The first-order valence-corrected chi connectivity index (χ1v) is 9.16. The van der Waals surface area contributed by atoms with Crippen LogP contribution in [0.5, 0.6) is 0 Å². The number of hydrogen-bond acceptors (Lipinski definition) is 0. The van der Waals surface area contributed by atoms with Gasteiger partial charge in [-0.15, -0.1) is 0 Å². The van der Waals surface area contributed by atoms with Crippen LogP contribution < -0.4 is 10.4 Å². The van der Waals surface area contributed by atoms with Crippen LogP contribution in [0.2, 0.25) is 0 Å². The standard InChI is InChI=1S/C23H20.C2H6/c1-4-7-19-17-9-6-10-18-15(2)12-13-20(22(18)14-17)21-11-5-8-16(3)23(19)21;1-2/h4-13H,3,14H2,1-2H3;1-2H3/b7-4-;. The van der Waals surface area contributed by atoms with E-state index in [0.29, 0.717) is 0 Å². The Labute approximate surface area is 151 Å². The second kappa shape index (κ2) is 7.11. The minimum atomic E-state index is 0.979. The predicted octanol–water partition coefficient (Wildman–Crippen LogP) is 5.33. The predicted molar refractivity (Wildman–Crippen MR) is 112 cm³/mol. The highest BCUT2D eigenvalue weighted by Gasteiger charge is 2.21. The van der Waals surface area contributed by atoms with Crippen molar-refractivity contribution in [1.82, 2.24) is 0 Å². The molecule has 0 atom stereocenters. The van der Waals surface area contributed by atoms with Crippen molar-refractivity contribution in [2.75, 3.05) is 0 Å². The normalized spacial score (nSPS) is 14.2. The Morgan fingerprint density at radius 1 is 1.04 bits per heavy atom. The van der Waals surface area contributed by atoms with Gasteiger partial charge in [0.15, 0.2) is 0 Å². The maximum absolute atomic E-state index is 4.31. The third-order valence-corrected chi connectivity index (χ3v) is 4.89. The Balaban J connectivity index is 0.000000880. The van der Waals surface area contributed by atoms with Gasteiger partial charge in [-0.05, 0) is 69.7 Å². The van der Waals surface area contributed by atoms with Crippen molar-refractivity contribution >= 4 is 18.2 Å². The third-order valence-electron chi connectivity index (χ3n) is 4.89. The van der Waals surface area contributed by atoms with E-state index in [1.54, 1.807) is 0 Å². The van der Waals surface area contributed by atoms with E-state index in [2.05, 4.69) is 81.1 Å². The Morgan fingerprint density at radius 2 is 1.84 bits per heavy atom. The summed E-state index contributed by atoms with van der Waals surface area (Å²) in [6.07, 6.45) is 12.1. The van der Waals surface area contributed by atoms with Gasteiger partial charge in [-0.3, -0.25) is 0 Å². The van der Waals surface area contributed by atoms with Crippen molar-refractivity contribution in [3.63, 3.8) is 0 Å². The zero-order valence-corrected chi connectivity index (χ0v) is 15.7. The summed E-state index contributed by atoms with van der Waals surface area (Å²) < 4.78 is 0. The topological polar surface area (TPSA) is 0 Å². The molecular formula is C25H26. The molecule has 0 aliphatic heterocycles. The molecule has 0 saturated heterocycles. The average Bonchev–Trinajstić information content (AvgIpc) is 2.92. The Morgan fingerprint density at radius 3 is 2.60 bits per heavy atom. The van der Waals surface area contributed by atoms with Gasteiger partial charge in [0.2, 0.25) is 0 Å². The summed E-state index contributed by atoms with van der Waals surface area (Å²) in [4.78, 5) is 0. The largest absolute Gasteiger partial charge is 0.0911 e. The van der Waals surface area contributed by atoms with Crippen LogP contribution in [0.3, 0.4) is 0 Å². The lowest BCUT2D eigenvalue weighted by molar-refractivity contribution is 1.20. The highest BCUT2D eigenvalue weighted by molar-refractivity contribution is 5.87. The molecule has 0 nitrogen and oxygen atoms in total. The zero-order chi connectivity index (χ0) is 18.0. The molecule has 0 amide bonds. The van der Waals surface area contributed by atoms with Gasteiger partial charge in [0.25, 0.3) is 0 Å². The fraction of sp³-hybridized carbons (Fsp3) is 0.200. The van der Waals surface area contributed by atoms with E-state index < -0.39 is 0 Å². The summed E-state index contributed by atoms with van der Waals surface area (Å²) in [5, 5.41) is 2.38. The molecule has 0 N–H and O–H groups in total. The molecule has 0 heteroatoms. The fourth-order valence-corrected chi connectivity index (χ4v) is 3.81. The van der Waals surface area contributed by atoms with E-state index in [4.69, 9.17) is 0 Å². The molecule has 2 aliphatic rings. The molecule has 0 heterocycles. The quantitative estimate of drug-likeness (QED) is 0.664. The van der Waals surface area contributed by atoms with E-state index in [1.807, 2.05) is 13.8 Å². The number of allylic oxidation sites excluding steroid dienone is 5. The maximum atomic E-state index is 4.31. The summed E-state index contributed by atoms with van der Waals surface area (Å²) in [6, 6.07) is 11.0. The van der Waals surface area contributed by atoms with Crippen LogP contribution in [0.25, 0.3) is 29.4 Å². The molecule has 2 aromatic rings. The monoisotopic (exact) mass is 326 g/mol. The van der Waals surface area contributed by atoms with E-state index in [-0.39, 0.29) is 0 Å². The molecule has 0 unspecified atom stereocenters. The molecule has 0 radical (unpaired) electrons. The average molecular weight is 326 g/mol. The lowest BCUT2D eigenvalue weighted by atomic mass is 9.90. The second-order valence-corrected chi connectivity index (χ2v) is 6.30. The molecule has 126 valence electrons. The van der Waals surface area contributed by atoms with Crippen molar-refractivity contribution < 1.29 is 0 Å². The minimum Gasteiger partial charge on any atom is -0.0911 e.